The fourth-order valence-electron chi connectivity index (χ4n) is 4.40. The predicted molar refractivity (Wildman–Crippen MR) is 150 cm³/mol. The zero-order valence-electron chi connectivity index (χ0n) is 25.4. The van der Waals surface area contributed by atoms with Crippen LogP contribution in [0.4, 0.5) is 10.6 Å². The Kier molecular flexibility index (Phi) is 11.3. The van der Waals surface area contributed by atoms with Crippen LogP contribution in [0.1, 0.15) is 78.0 Å². The fraction of sp³-hybridized carbons (Fsp3) is 0.750. The Balaban J connectivity index is 2.49. The van der Waals surface area contributed by atoms with E-state index >= 15 is 0 Å². The summed E-state index contributed by atoms with van der Waals surface area (Å²) in [6, 6.07) is -0.577. The number of aliphatic hydroxyl groups excluding tert-OH is 1. The minimum Gasteiger partial charge on any atom is -0.481 e. The fourth-order valence-corrected chi connectivity index (χ4v) is 4.40. The number of nitrogens with one attached hydrogen (secondary N) is 1. The van der Waals surface area contributed by atoms with Crippen molar-refractivity contribution >= 4 is 23.8 Å². The van der Waals surface area contributed by atoms with Gasteiger partial charge in [0.05, 0.1) is 24.7 Å². The molecule has 2 rings (SSSR count). The molecule has 3 N–H and O–H groups in total. The lowest BCUT2D eigenvalue weighted by atomic mass is 9.92. The Morgan fingerprint density at radius 3 is 2.35 bits per heavy atom. The predicted octanol–water partition coefficient (Wildman–Crippen LogP) is 3.00. The van der Waals surface area contributed by atoms with Gasteiger partial charge in [0.2, 0.25) is 0 Å². The minimum absolute atomic E-state index is 0.00194. The highest BCUT2D eigenvalue weighted by Crippen LogP contribution is 2.28. The number of piperidine rings is 1. The van der Waals surface area contributed by atoms with Crippen molar-refractivity contribution in [2.45, 2.75) is 85.0 Å². The van der Waals surface area contributed by atoms with Crippen molar-refractivity contribution in [1.29, 1.82) is 0 Å². The van der Waals surface area contributed by atoms with Crippen molar-refractivity contribution in [3.05, 3.63) is 17.6 Å². The van der Waals surface area contributed by atoms with Crippen LogP contribution in [0.3, 0.4) is 0 Å². The Morgan fingerprint density at radius 2 is 1.82 bits per heavy atom. The number of carbonyl (C=O) groups is 3. The lowest BCUT2D eigenvalue weighted by Crippen LogP contribution is -2.56. The summed E-state index contributed by atoms with van der Waals surface area (Å²) >= 11 is 0. The van der Waals surface area contributed by atoms with Crippen molar-refractivity contribution in [3.8, 4) is 0 Å². The van der Waals surface area contributed by atoms with Gasteiger partial charge in [0.1, 0.15) is 22.8 Å². The van der Waals surface area contributed by atoms with Gasteiger partial charge in [-0.05, 0) is 33.1 Å². The van der Waals surface area contributed by atoms with Crippen LogP contribution >= 0.6 is 0 Å². The summed E-state index contributed by atoms with van der Waals surface area (Å²) in [7, 11) is 1.49. The molecule has 1 aliphatic heterocycles. The summed E-state index contributed by atoms with van der Waals surface area (Å²) in [5.74, 6) is -1.46. The van der Waals surface area contributed by atoms with E-state index in [0.29, 0.717) is 12.4 Å². The van der Waals surface area contributed by atoms with Gasteiger partial charge >= 0.3 is 12.1 Å². The third kappa shape index (κ3) is 9.58. The molecule has 1 saturated heterocycles. The third-order valence-electron chi connectivity index (χ3n) is 6.25. The Bertz CT molecular complexity index is 1030. The van der Waals surface area contributed by atoms with E-state index in [-0.39, 0.29) is 50.0 Å². The summed E-state index contributed by atoms with van der Waals surface area (Å²) < 4.78 is 10.5. The van der Waals surface area contributed by atoms with Gasteiger partial charge in [-0.1, -0.05) is 34.6 Å². The van der Waals surface area contributed by atoms with Crippen molar-refractivity contribution < 1.29 is 34.1 Å². The van der Waals surface area contributed by atoms with Gasteiger partial charge in [-0.15, -0.1) is 0 Å². The van der Waals surface area contributed by atoms with E-state index in [9.17, 15) is 24.6 Å². The molecule has 2 amide bonds. The SMILES string of the molecule is COCC(O)CNc1nc(C(C)(C)C)ncc1C(=O)N(CC(C)C)[C@H]1C[C@@H](C(=O)O)CN(C(=O)OC(C)(C)C)C1. The third-order valence-corrected chi connectivity index (χ3v) is 6.25. The number of methoxy groups -OCH3 is 1. The lowest BCUT2D eigenvalue weighted by Gasteiger charge is -2.42. The molecule has 1 aliphatic rings. The number of ether oxygens (including phenoxy) is 2. The highest BCUT2D eigenvalue weighted by atomic mass is 16.6. The first-order valence-corrected chi connectivity index (χ1v) is 13.7. The monoisotopic (exact) mass is 565 g/mol. The molecule has 1 aromatic heterocycles. The molecule has 0 aromatic carbocycles. The van der Waals surface area contributed by atoms with Gasteiger partial charge < -0.3 is 34.8 Å². The van der Waals surface area contributed by atoms with Gasteiger partial charge in [-0.3, -0.25) is 9.59 Å². The molecular formula is C28H47N5O7. The molecule has 1 fully saturated rings. The second-order valence-corrected chi connectivity index (χ2v) is 12.9. The number of carbonyl (C=O) groups excluding carboxylic acids is 2. The molecule has 0 aliphatic carbocycles. The average molecular weight is 566 g/mol. The Hall–Kier alpha value is -2.99. The number of carboxylic acids is 1. The van der Waals surface area contributed by atoms with Crippen LogP contribution in [0, 0.1) is 11.8 Å². The van der Waals surface area contributed by atoms with Gasteiger partial charge in [0.15, 0.2) is 0 Å². The number of hydrogen-bond acceptors (Lipinski definition) is 9. The normalized spacial score (nSPS) is 18.8. The minimum atomic E-state index is -1.04. The molecule has 12 nitrogen and oxygen atoms in total. The van der Waals surface area contributed by atoms with E-state index in [1.165, 1.54) is 18.2 Å². The molecule has 1 unspecified atom stereocenters. The van der Waals surface area contributed by atoms with E-state index in [4.69, 9.17) is 9.47 Å². The van der Waals surface area contributed by atoms with Crippen LogP contribution in [-0.4, -0.2) is 106 Å². The maximum Gasteiger partial charge on any atom is 0.410 e. The van der Waals surface area contributed by atoms with E-state index < -0.39 is 47.0 Å². The standard InChI is InChI=1S/C28H47N5O7/c1-17(2)13-33(19-10-18(24(36)37)14-32(15-19)26(38)40-28(6,7)8)23(35)21-12-30-25(27(3,4)5)31-22(21)29-11-20(34)16-39-9/h12,17-20,34H,10-11,13-16H2,1-9H3,(H,36,37)(H,29,30,31)/t18-,19+,20?/m1/s1. The van der Waals surface area contributed by atoms with Gasteiger partial charge in [-0.25, -0.2) is 14.8 Å². The van der Waals surface area contributed by atoms with E-state index in [0.717, 1.165) is 0 Å². The Morgan fingerprint density at radius 1 is 1.18 bits per heavy atom. The van der Waals surface area contributed by atoms with Crippen LogP contribution in [0.5, 0.6) is 0 Å². The highest BCUT2D eigenvalue weighted by Gasteiger charge is 2.40. The van der Waals surface area contributed by atoms with E-state index in [2.05, 4.69) is 15.3 Å². The number of amides is 2. The second-order valence-electron chi connectivity index (χ2n) is 12.9. The summed E-state index contributed by atoms with van der Waals surface area (Å²) in [6.45, 7) is 15.7. The summed E-state index contributed by atoms with van der Waals surface area (Å²) in [4.78, 5) is 51.3. The first-order valence-electron chi connectivity index (χ1n) is 13.7. The van der Waals surface area contributed by atoms with Crippen LogP contribution in [0.15, 0.2) is 6.20 Å². The zero-order chi connectivity index (χ0) is 30.4. The zero-order valence-corrected chi connectivity index (χ0v) is 25.4. The second kappa shape index (κ2) is 13.6. The summed E-state index contributed by atoms with van der Waals surface area (Å²) in [6.07, 6.45) is 0.207. The van der Waals surface area contributed by atoms with Gasteiger partial charge in [0, 0.05) is 44.9 Å². The number of hydrogen-bond donors (Lipinski definition) is 3. The largest absolute Gasteiger partial charge is 0.481 e. The molecule has 0 saturated carbocycles. The molecule has 226 valence electrons. The first-order chi connectivity index (χ1) is 18.4. The number of nitrogens with zero attached hydrogens (tertiary/aromatic N) is 4. The van der Waals surface area contributed by atoms with Crippen LogP contribution in [0.25, 0.3) is 0 Å². The summed E-state index contributed by atoms with van der Waals surface area (Å²) in [5, 5.41) is 23.2. The Labute approximate surface area is 237 Å². The number of aliphatic hydroxyl groups is 1. The highest BCUT2D eigenvalue weighted by molar-refractivity contribution is 5.98. The maximum absolute atomic E-state index is 14.2. The van der Waals surface area contributed by atoms with Crippen molar-refractivity contribution in [2.24, 2.45) is 11.8 Å². The van der Waals surface area contributed by atoms with Crippen molar-refractivity contribution in [1.82, 2.24) is 19.8 Å². The number of rotatable bonds is 10. The smallest absolute Gasteiger partial charge is 0.410 e. The average Bonchev–Trinajstić information content (AvgIpc) is 2.83. The van der Waals surface area contributed by atoms with E-state index in [1.54, 1.807) is 25.7 Å². The molecule has 12 heteroatoms. The quantitative estimate of drug-likeness (QED) is 0.386. The van der Waals surface area contributed by atoms with Gasteiger partial charge in [-0.2, -0.15) is 0 Å². The van der Waals surface area contributed by atoms with Gasteiger partial charge in [0.25, 0.3) is 5.91 Å². The lowest BCUT2D eigenvalue weighted by molar-refractivity contribution is -0.144. The number of carboxylic acid groups (broad SMARTS) is 1. The molecule has 1 aromatic rings. The molecule has 0 bridgehead atoms. The number of likely N-dealkylation sites (tertiary alicyclic amines) is 1. The van der Waals surface area contributed by atoms with E-state index in [1.807, 2.05) is 34.6 Å². The maximum atomic E-state index is 14.2. The molecule has 0 spiro atoms. The topological polar surface area (TPSA) is 154 Å². The van der Waals surface area contributed by atoms with Crippen LogP contribution < -0.4 is 5.32 Å². The molecule has 40 heavy (non-hydrogen) atoms. The number of anilines is 1. The molecule has 2 heterocycles. The molecule has 0 radical (unpaired) electrons. The van der Waals surface area contributed by atoms with Crippen LogP contribution in [-0.2, 0) is 19.7 Å². The van der Waals surface area contributed by atoms with Crippen molar-refractivity contribution in [3.63, 3.8) is 0 Å². The number of aliphatic carboxylic acids is 1. The molecular weight excluding hydrogens is 518 g/mol. The van der Waals surface area contributed by atoms with Crippen molar-refractivity contribution in [2.75, 3.05) is 45.2 Å². The summed E-state index contributed by atoms with van der Waals surface area (Å²) in [5.41, 5.74) is -0.956. The molecule has 3 atom stereocenters. The first kappa shape index (κ1) is 33.2. The van der Waals surface area contributed by atoms with Crippen LogP contribution in [0.2, 0.25) is 0 Å². The number of aromatic nitrogens is 2.